The maximum atomic E-state index is 12.0. The summed E-state index contributed by atoms with van der Waals surface area (Å²) in [5.74, 6) is 0.733. The first kappa shape index (κ1) is 16.7. The highest BCUT2D eigenvalue weighted by Crippen LogP contribution is 2.44. The number of piperidine rings is 1. The molecule has 0 saturated carbocycles. The summed E-state index contributed by atoms with van der Waals surface area (Å²) in [5, 5.41) is 11.9. The van der Waals surface area contributed by atoms with Crippen LogP contribution in [0, 0.1) is 11.3 Å². The lowest BCUT2D eigenvalue weighted by Crippen LogP contribution is -2.52. The Bertz CT molecular complexity index is 633. The van der Waals surface area contributed by atoms with Gasteiger partial charge in [0.05, 0.1) is 18.7 Å². The molecule has 1 aromatic rings. The van der Waals surface area contributed by atoms with Gasteiger partial charge in [-0.2, -0.15) is 5.26 Å². The van der Waals surface area contributed by atoms with Crippen LogP contribution in [0.3, 0.4) is 0 Å². The van der Waals surface area contributed by atoms with Crippen molar-refractivity contribution in [3.05, 3.63) is 29.8 Å². The largest absolute Gasteiger partial charge is 0.487 e. The van der Waals surface area contributed by atoms with E-state index in [1.807, 2.05) is 24.3 Å². The van der Waals surface area contributed by atoms with E-state index in [0.29, 0.717) is 6.54 Å². The van der Waals surface area contributed by atoms with E-state index in [4.69, 9.17) is 14.7 Å². The zero-order chi connectivity index (χ0) is 17.0. The minimum absolute atomic E-state index is 0.0580. The van der Waals surface area contributed by atoms with Gasteiger partial charge in [0.1, 0.15) is 18.0 Å². The highest BCUT2D eigenvalue weighted by molar-refractivity contribution is 5.77. The van der Waals surface area contributed by atoms with Gasteiger partial charge >= 0.3 is 0 Å². The first-order chi connectivity index (χ1) is 11.7. The van der Waals surface area contributed by atoms with Crippen molar-refractivity contribution in [1.82, 2.24) is 10.2 Å². The Morgan fingerprint density at radius 2 is 2.21 bits per heavy atom. The molecule has 1 fully saturated rings. The maximum absolute atomic E-state index is 12.0. The molecule has 0 aliphatic carbocycles. The predicted molar refractivity (Wildman–Crippen MR) is 88.5 cm³/mol. The molecular formula is C18H23N3O3. The third-order valence-corrected chi connectivity index (χ3v) is 4.87. The van der Waals surface area contributed by atoms with E-state index in [1.54, 1.807) is 0 Å². The Kier molecular flexibility index (Phi) is 5.03. The Hall–Kier alpha value is -2.10. The number of para-hydroxylation sites is 1. The molecule has 1 amide bonds. The average Bonchev–Trinajstić information content (AvgIpc) is 2.58. The first-order valence-electron chi connectivity index (χ1n) is 8.31. The van der Waals surface area contributed by atoms with Gasteiger partial charge in [0.25, 0.3) is 0 Å². The van der Waals surface area contributed by atoms with Crippen LogP contribution in [0.2, 0.25) is 0 Å². The van der Waals surface area contributed by atoms with Crippen molar-refractivity contribution in [3.8, 4) is 11.8 Å². The molecule has 0 bridgehead atoms. The number of likely N-dealkylation sites (tertiary alicyclic amines) is 1. The highest BCUT2D eigenvalue weighted by atomic mass is 16.5. The molecule has 1 saturated heterocycles. The second-order valence-electron chi connectivity index (χ2n) is 6.51. The van der Waals surface area contributed by atoms with Gasteiger partial charge in [0.15, 0.2) is 0 Å². The van der Waals surface area contributed by atoms with E-state index >= 15 is 0 Å². The Morgan fingerprint density at radius 3 is 2.92 bits per heavy atom. The summed E-state index contributed by atoms with van der Waals surface area (Å²) in [6.07, 6.45) is 2.47. The summed E-state index contributed by atoms with van der Waals surface area (Å²) >= 11 is 0. The fourth-order valence-corrected chi connectivity index (χ4v) is 3.64. The van der Waals surface area contributed by atoms with Crippen molar-refractivity contribution in [1.29, 1.82) is 5.26 Å². The number of nitrogens with zero attached hydrogens (tertiary/aromatic N) is 2. The third kappa shape index (κ3) is 3.53. The van der Waals surface area contributed by atoms with Crippen LogP contribution in [0.5, 0.6) is 5.75 Å². The van der Waals surface area contributed by atoms with E-state index in [-0.39, 0.29) is 24.2 Å². The number of methoxy groups -OCH3 is 1. The SMILES string of the molecule is COCC(=O)N[C@@H]1CC2(CCN(CC#N)CC2)Oc2ccccc21. The van der Waals surface area contributed by atoms with Crippen LogP contribution >= 0.6 is 0 Å². The van der Waals surface area contributed by atoms with Gasteiger partial charge < -0.3 is 14.8 Å². The minimum atomic E-state index is -0.272. The number of fused-ring (bicyclic) bond motifs is 1. The molecule has 0 radical (unpaired) electrons. The summed E-state index contributed by atoms with van der Waals surface area (Å²) < 4.78 is 11.3. The molecule has 6 heteroatoms. The fraction of sp³-hybridized carbons (Fsp3) is 0.556. The van der Waals surface area contributed by atoms with E-state index in [2.05, 4.69) is 16.3 Å². The standard InChI is InChI=1S/C18H23N3O3/c1-23-13-17(22)20-15-12-18(6-9-21(10-7-18)11-8-19)24-16-5-3-2-4-14(15)16/h2-5,15H,6-7,9-13H2,1H3,(H,20,22)/t15-/m1/s1. The molecule has 2 aliphatic rings. The van der Waals surface area contributed by atoms with Crippen LogP contribution in [0.15, 0.2) is 24.3 Å². The number of nitrogens with one attached hydrogen (secondary N) is 1. The molecule has 24 heavy (non-hydrogen) atoms. The molecule has 0 unspecified atom stereocenters. The Balaban J connectivity index is 1.78. The highest BCUT2D eigenvalue weighted by Gasteiger charge is 2.43. The van der Waals surface area contributed by atoms with Gasteiger partial charge in [-0.3, -0.25) is 9.69 Å². The zero-order valence-electron chi connectivity index (χ0n) is 14.0. The molecule has 6 nitrogen and oxygen atoms in total. The number of benzene rings is 1. The van der Waals surface area contributed by atoms with E-state index in [0.717, 1.165) is 43.7 Å². The number of hydrogen-bond donors (Lipinski definition) is 1. The smallest absolute Gasteiger partial charge is 0.246 e. The summed E-state index contributed by atoms with van der Waals surface area (Å²) in [4.78, 5) is 14.2. The number of ether oxygens (including phenoxy) is 2. The lowest BCUT2D eigenvalue weighted by Gasteiger charge is -2.46. The van der Waals surface area contributed by atoms with Crippen molar-refractivity contribution < 1.29 is 14.3 Å². The van der Waals surface area contributed by atoms with Crippen LogP contribution in [-0.4, -0.2) is 49.8 Å². The Morgan fingerprint density at radius 1 is 1.46 bits per heavy atom. The van der Waals surface area contributed by atoms with Crippen LogP contribution in [-0.2, 0) is 9.53 Å². The third-order valence-electron chi connectivity index (χ3n) is 4.87. The Labute approximate surface area is 142 Å². The molecule has 1 N–H and O–H groups in total. The maximum Gasteiger partial charge on any atom is 0.246 e. The monoisotopic (exact) mass is 329 g/mol. The lowest BCUT2D eigenvalue weighted by molar-refractivity contribution is -0.126. The molecule has 0 aromatic heterocycles. The molecule has 3 rings (SSSR count). The quantitative estimate of drug-likeness (QED) is 0.850. The first-order valence-corrected chi connectivity index (χ1v) is 8.31. The van der Waals surface area contributed by atoms with Crippen molar-refractivity contribution >= 4 is 5.91 Å². The topological polar surface area (TPSA) is 74.6 Å². The van der Waals surface area contributed by atoms with Crippen molar-refractivity contribution in [2.75, 3.05) is 33.4 Å². The van der Waals surface area contributed by atoms with Gasteiger partial charge in [0.2, 0.25) is 5.91 Å². The number of hydrogen-bond acceptors (Lipinski definition) is 5. The van der Waals surface area contributed by atoms with Crippen LogP contribution in [0.4, 0.5) is 0 Å². The van der Waals surface area contributed by atoms with E-state index < -0.39 is 0 Å². The average molecular weight is 329 g/mol. The van der Waals surface area contributed by atoms with E-state index in [9.17, 15) is 4.79 Å². The second-order valence-corrected chi connectivity index (χ2v) is 6.51. The van der Waals surface area contributed by atoms with Crippen molar-refractivity contribution in [2.24, 2.45) is 0 Å². The molecule has 128 valence electrons. The number of carbonyl (C=O) groups excluding carboxylic acids is 1. The molecule has 2 aliphatic heterocycles. The van der Waals surface area contributed by atoms with Gasteiger partial charge in [-0.15, -0.1) is 0 Å². The molecule has 1 aromatic carbocycles. The summed E-state index contributed by atoms with van der Waals surface area (Å²) in [6, 6.07) is 10.0. The van der Waals surface area contributed by atoms with Crippen LogP contribution in [0.25, 0.3) is 0 Å². The van der Waals surface area contributed by atoms with Crippen LogP contribution < -0.4 is 10.1 Å². The number of nitriles is 1. The van der Waals surface area contributed by atoms with E-state index in [1.165, 1.54) is 7.11 Å². The lowest BCUT2D eigenvalue weighted by atomic mass is 9.80. The van der Waals surface area contributed by atoms with Gasteiger partial charge in [-0.25, -0.2) is 0 Å². The summed E-state index contributed by atoms with van der Waals surface area (Å²) in [7, 11) is 1.52. The molecule has 1 spiro atoms. The second kappa shape index (κ2) is 7.20. The molecule has 2 heterocycles. The molecule has 1 atom stereocenters. The normalized spacial score (nSPS) is 22.2. The van der Waals surface area contributed by atoms with Crippen molar-refractivity contribution in [3.63, 3.8) is 0 Å². The van der Waals surface area contributed by atoms with Crippen LogP contribution in [0.1, 0.15) is 30.9 Å². The van der Waals surface area contributed by atoms with Gasteiger partial charge in [-0.1, -0.05) is 18.2 Å². The minimum Gasteiger partial charge on any atom is -0.487 e. The van der Waals surface area contributed by atoms with Crippen molar-refractivity contribution in [2.45, 2.75) is 30.9 Å². The fourth-order valence-electron chi connectivity index (χ4n) is 3.64. The number of amides is 1. The summed E-state index contributed by atoms with van der Waals surface area (Å²) in [6.45, 7) is 2.20. The number of rotatable bonds is 4. The van der Waals surface area contributed by atoms with Gasteiger partial charge in [-0.05, 0) is 18.9 Å². The van der Waals surface area contributed by atoms with Gasteiger partial charge in [0, 0.05) is 32.2 Å². The summed E-state index contributed by atoms with van der Waals surface area (Å²) in [5.41, 5.74) is 0.748. The predicted octanol–water partition coefficient (Wildman–Crippen LogP) is 1.63. The number of carbonyl (C=O) groups is 1. The molecular weight excluding hydrogens is 306 g/mol. The zero-order valence-corrected chi connectivity index (χ0v) is 14.0.